The van der Waals surface area contributed by atoms with Crippen LogP contribution in [0, 0.1) is 25.5 Å². The number of anilines is 1. The molecule has 6 nitrogen and oxygen atoms in total. The smallest absolute Gasteiger partial charge is 0.259 e. The normalized spacial score (nSPS) is 10.8. The number of benzene rings is 1. The standard InChI is InChI=1S/C18H16F2N4O2/c1-4-14-22-17(24-26-14)15-9(2)7-10(3)21-16(15)23-18(25)12-8-11(19)5-6-13(12)20/h5-8H,4H2,1-3H3,(H,21,23,25). The molecule has 1 N–H and O–H groups in total. The van der Waals surface area contributed by atoms with Gasteiger partial charge in [0.1, 0.15) is 17.5 Å². The molecule has 0 spiro atoms. The number of pyridine rings is 1. The van der Waals surface area contributed by atoms with E-state index in [4.69, 9.17) is 4.52 Å². The zero-order valence-electron chi connectivity index (χ0n) is 14.4. The van der Waals surface area contributed by atoms with Crippen molar-refractivity contribution < 1.29 is 18.1 Å². The molecule has 26 heavy (non-hydrogen) atoms. The summed E-state index contributed by atoms with van der Waals surface area (Å²) in [5.41, 5.74) is 1.44. The molecule has 0 saturated carbocycles. The van der Waals surface area contributed by atoms with Gasteiger partial charge in [-0.25, -0.2) is 13.8 Å². The number of halogens is 2. The minimum Gasteiger partial charge on any atom is -0.339 e. The van der Waals surface area contributed by atoms with Crippen LogP contribution in [0.1, 0.15) is 34.4 Å². The van der Waals surface area contributed by atoms with E-state index in [9.17, 15) is 13.6 Å². The van der Waals surface area contributed by atoms with E-state index in [1.54, 1.807) is 13.0 Å². The summed E-state index contributed by atoms with van der Waals surface area (Å²) in [7, 11) is 0. The van der Waals surface area contributed by atoms with Crippen LogP contribution in [0.3, 0.4) is 0 Å². The second-order valence-corrected chi connectivity index (χ2v) is 5.75. The van der Waals surface area contributed by atoms with Crippen LogP contribution in [-0.2, 0) is 6.42 Å². The van der Waals surface area contributed by atoms with Crippen molar-refractivity contribution in [3.8, 4) is 11.4 Å². The summed E-state index contributed by atoms with van der Waals surface area (Å²) in [5.74, 6) is -1.51. The van der Waals surface area contributed by atoms with Crippen molar-refractivity contribution in [1.29, 1.82) is 0 Å². The fourth-order valence-corrected chi connectivity index (χ4v) is 2.56. The number of nitrogens with one attached hydrogen (secondary N) is 1. The van der Waals surface area contributed by atoms with Crippen molar-refractivity contribution in [2.75, 3.05) is 5.32 Å². The van der Waals surface area contributed by atoms with E-state index in [0.29, 0.717) is 23.6 Å². The van der Waals surface area contributed by atoms with E-state index in [2.05, 4.69) is 20.4 Å². The van der Waals surface area contributed by atoms with Gasteiger partial charge in [-0.15, -0.1) is 0 Å². The van der Waals surface area contributed by atoms with Crippen LogP contribution >= 0.6 is 0 Å². The Morgan fingerprint density at radius 2 is 1.96 bits per heavy atom. The van der Waals surface area contributed by atoms with Gasteiger partial charge in [-0.2, -0.15) is 4.98 Å². The summed E-state index contributed by atoms with van der Waals surface area (Å²) in [4.78, 5) is 21.0. The Balaban J connectivity index is 2.04. The van der Waals surface area contributed by atoms with Crippen molar-refractivity contribution in [1.82, 2.24) is 15.1 Å². The number of hydrogen-bond donors (Lipinski definition) is 1. The molecule has 0 unspecified atom stereocenters. The molecule has 0 aliphatic rings. The van der Waals surface area contributed by atoms with Crippen LogP contribution in [0.2, 0.25) is 0 Å². The molecule has 0 radical (unpaired) electrons. The average molecular weight is 358 g/mol. The Labute approximate surface area is 148 Å². The first kappa shape index (κ1) is 17.7. The third-order valence-corrected chi connectivity index (χ3v) is 3.74. The summed E-state index contributed by atoms with van der Waals surface area (Å²) in [6, 6.07) is 4.47. The highest BCUT2D eigenvalue weighted by Gasteiger charge is 2.20. The van der Waals surface area contributed by atoms with Gasteiger partial charge in [0.05, 0.1) is 11.1 Å². The largest absolute Gasteiger partial charge is 0.339 e. The molecule has 134 valence electrons. The number of aromatic nitrogens is 3. The maximum absolute atomic E-state index is 13.9. The summed E-state index contributed by atoms with van der Waals surface area (Å²) in [6.07, 6.45) is 0.557. The van der Waals surface area contributed by atoms with Gasteiger partial charge in [0, 0.05) is 12.1 Å². The fourth-order valence-electron chi connectivity index (χ4n) is 2.56. The molecule has 3 rings (SSSR count). The molecule has 2 aromatic heterocycles. The SMILES string of the molecule is CCc1nc(-c2c(C)cc(C)nc2NC(=O)c2cc(F)ccc2F)no1. The molecule has 2 heterocycles. The van der Waals surface area contributed by atoms with E-state index >= 15 is 0 Å². The number of carbonyl (C=O) groups excluding carboxylic acids is 1. The van der Waals surface area contributed by atoms with Crippen molar-refractivity contribution in [2.24, 2.45) is 0 Å². The van der Waals surface area contributed by atoms with E-state index in [-0.39, 0.29) is 11.6 Å². The highest BCUT2D eigenvalue weighted by molar-refractivity contribution is 6.05. The van der Waals surface area contributed by atoms with E-state index in [1.807, 2.05) is 13.8 Å². The lowest BCUT2D eigenvalue weighted by atomic mass is 10.1. The van der Waals surface area contributed by atoms with Crippen molar-refractivity contribution in [2.45, 2.75) is 27.2 Å². The molecule has 0 saturated heterocycles. The number of rotatable bonds is 4. The topological polar surface area (TPSA) is 80.9 Å². The number of hydrogen-bond acceptors (Lipinski definition) is 5. The molecule has 0 bridgehead atoms. The monoisotopic (exact) mass is 358 g/mol. The van der Waals surface area contributed by atoms with Crippen LogP contribution in [0.15, 0.2) is 28.8 Å². The van der Waals surface area contributed by atoms with Crippen LogP contribution < -0.4 is 5.32 Å². The molecule has 0 aliphatic carbocycles. The second-order valence-electron chi connectivity index (χ2n) is 5.75. The van der Waals surface area contributed by atoms with Gasteiger partial charge in [0.25, 0.3) is 5.91 Å². The van der Waals surface area contributed by atoms with Crippen LogP contribution in [0.4, 0.5) is 14.6 Å². The maximum Gasteiger partial charge on any atom is 0.259 e. The zero-order valence-corrected chi connectivity index (χ0v) is 14.4. The second kappa shape index (κ2) is 6.99. The third kappa shape index (κ3) is 3.44. The zero-order chi connectivity index (χ0) is 18.8. The summed E-state index contributed by atoms with van der Waals surface area (Å²) >= 11 is 0. The predicted molar refractivity (Wildman–Crippen MR) is 90.7 cm³/mol. The van der Waals surface area contributed by atoms with Crippen LogP contribution in [-0.4, -0.2) is 21.0 Å². The molecule has 8 heteroatoms. The van der Waals surface area contributed by atoms with E-state index in [1.165, 1.54) is 0 Å². The molecule has 3 aromatic rings. The Morgan fingerprint density at radius 1 is 1.19 bits per heavy atom. The lowest BCUT2D eigenvalue weighted by Crippen LogP contribution is -2.16. The summed E-state index contributed by atoms with van der Waals surface area (Å²) < 4.78 is 32.4. The lowest BCUT2D eigenvalue weighted by Gasteiger charge is -2.12. The lowest BCUT2D eigenvalue weighted by molar-refractivity contribution is 0.102. The highest BCUT2D eigenvalue weighted by atomic mass is 19.1. The Bertz CT molecular complexity index is 985. The first-order chi connectivity index (χ1) is 12.4. The van der Waals surface area contributed by atoms with E-state index in [0.717, 1.165) is 23.8 Å². The van der Waals surface area contributed by atoms with Gasteiger partial charge < -0.3 is 9.84 Å². The minimum atomic E-state index is -0.831. The number of nitrogens with zero attached hydrogens (tertiary/aromatic N) is 3. The Hall–Kier alpha value is -3.16. The number of carbonyl (C=O) groups is 1. The number of aryl methyl sites for hydroxylation is 3. The summed E-state index contributed by atoms with van der Waals surface area (Å²) in [5, 5.41) is 6.43. The Morgan fingerprint density at radius 3 is 2.65 bits per heavy atom. The van der Waals surface area contributed by atoms with Gasteiger partial charge >= 0.3 is 0 Å². The third-order valence-electron chi connectivity index (χ3n) is 3.74. The van der Waals surface area contributed by atoms with Crippen LogP contribution in [0.5, 0.6) is 0 Å². The van der Waals surface area contributed by atoms with Gasteiger partial charge in [0.2, 0.25) is 11.7 Å². The molecule has 0 atom stereocenters. The predicted octanol–water partition coefficient (Wildman–Crippen LogP) is 3.84. The molecule has 1 aromatic carbocycles. The maximum atomic E-state index is 13.9. The first-order valence-corrected chi connectivity index (χ1v) is 7.96. The van der Waals surface area contributed by atoms with Crippen molar-refractivity contribution >= 4 is 11.7 Å². The summed E-state index contributed by atoms with van der Waals surface area (Å²) in [6.45, 7) is 5.43. The molecular formula is C18H16F2N4O2. The molecule has 0 fully saturated rings. The first-order valence-electron chi connectivity index (χ1n) is 7.96. The average Bonchev–Trinajstić information content (AvgIpc) is 3.05. The molecule has 1 amide bonds. The van der Waals surface area contributed by atoms with Gasteiger partial charge in [0.15, 0.2) is 0 Å². The minimum absolute atomic E-state index is 0.152. The van der Waals surface area contributed by atoms with Crippen LogP contribution in [0.25, 0.3) is 11.4 Å². The molecular weight excluding hydrogens is 342 g/mol. The fraction of sp³-hybridized carbons (Fsp3) is 0.222. The quantitative estimate of drug-likeness (QED) is 0.766. The highest BCUT2D eigenvalue weighted by Crippen LogP contribution is 2.29. The van der Waals surface area contributed by atoms with E-state index < -0.39 is 23.1 Å². The molecule has 0 aliphatic heterocycles. The van der Waals surface area contributed by atoms with Gasteiger partial charge in [-0.1, -0.05) is 12.1 Å². The van der Waals surface area contributed by atoms with Crippen molar-refractivity contribution in [3.05, 3.63) is 58.6 Å². The van der Waals surface area contributed by atoms with Gasteiger partial charge in [-0.05, 0) is 43.7 Å². The van der Waals surface area contributed by atoms with Crippen molar-refractivity contribution in [3.63, 3.8) is 0 Å². The van der Waals surface area contributed by atoms with Gasteiger partial charge in [-0.3, -0.25) is 4.79 Å². The number of amides is 1. The Kier molecular flexibility index (Phi) is 4.75.